The number of nitrogens with one attached hydrogen (secondary N) is 1. The molecule has 0 unspecified atom stereocenters. The Kier molecular flexibility index (Phi) is 4.78. The minimum atomic E-state index is 0.650. The number of aromatic amines is 1. The number of halogens is 1. The molecule has 0 bridgehead atoms. The van der Waals surface area contributed by atoms with Crippen LogP contribution in [0.4, 0.5) is 0 Å². The highest BCUT2D eigenvalue weighted by atomic mass is 35.5. The van der Waals surface area contributed by atoms with Crippen LogP contribution < -0.4 is 4.74 Å². The van der Waals surface area contributed by atoms with Gasteiger partial charge in [-0.15, -0.1) is 5.10 Å². The SMILES string of the molecule is Clc1ccc(-c2cc(OCCN3CCCCC3)n[nH]2)cc1. The van der Waals surface area contributed by atoms with Crippen LogP contribution in [0.15, 0.2) is 30.3 Å². The minimum Gasteiger partial charge on any atom is -0.475 e. The molecule has 112 valence electrons. The zero-order valence-electron chi connectivity index (χ0n) is 12.0. The standard InChI is InChI=1S/C16H20ClN3O/c17-14-6-4-13(5-7-14)15-12-16(19-18-15)21-11-10-20-8-2-1-3-9-20/h4-7,12H,1-3,8-11H2,(H,18,19). The lowest BCUT2D eigenvalue weighted by atomic mass is 10.1. The van der Waals surface area contributed by atoms with Crippen molar-refractivity contribution in [2.75, 3.05) is 26.2 Å². The van der Waals surface area contributed by atoms with E-state index in [1.54, 1.807) is 0 Å². The molecule has 3 rings (SSSR count). The Hall–Kier alpha value is -1.52. The molecule has 0 atom stereocenters. The summed E-state index contributed by atoms with van der Waals surface area (Å²) in [6.07, 6.45) is 3.98. The molecule has 0 amide bonds. The molecule has 1 aromatic heterocycles. The number of nitrogens with zero attached hydrogens (tertiary/aromatic N) is 2. The van der Waals surface area contributed by atoms with Crippen LogP contribution in [-0.4, -0.2) is 41.3 Å². The summed E-state index contributed by atoms with van der Waals surface area (Å²) in [5.41, 5.74) is 2.00. The van der Waals surface area contributed by atoms with Crippen LogP contribution in [0.25, 0.3) is 11.3 Å². The van der Waals surface area contributed by atoms with Crippen molar-refractivity contribution in [2.24, 2.45) is 0 Å². The summed E-state index contributed by atoms with van der Waals surface area (Å²) < 4.78 is 5.72. The number of aromatic nitrogens is 2. The smallest absolute Gasteiger partial charge is 0.233 e. The number of piperidine rings is 1. The van der Waals surface area contributed by atoms with E-state index in [-0.39, 0.29) is 0 Å². The van der Waals surface area contributed by atoms with Crippen LogP contribution in [-0.2, 0) is 0 Å². The van der Waals surface area contributed by atoms with E-state index in [0.717, 1.165) is 22.8 Å². The molecule has 0 saturated carbocycles. The zero-order valence-corrected chi connectivity index (χ0v) is 12.8. The van der Waals surface area contributed by atoms with Gasteiger partial charge < -0.3 is 4.74 Å². The molecule has 21 heavy (non-hydrogen) atoms. The molecule has 1 fully saturated rings. The summed E-state index contributed by atoms with van der Waals surface area (Å²) in [4.78, 5) is 2.45. The summed E-state index contributed by atoms with van der Waals surface area (Å²) >= 11 is 5.89. The Morgan fingerprint density at radius 1 is 1.14 bits per heavy atom. The van der Waals surface area contributed by atoms with Gasteiger partial charge in [-0.3, -0.25) is 10.00 Å². The van der Waals surface area contributed by atoms with E-state index < -0.39 is 0 Å². The molecule has 0 radical (unpaired) electrons. The highest BCUT2D eigenvalue weighted by Gasteiger charge is 2.10. The Morgan fingerprint density at radius 2 is 1.90 bits per heavy atom. The predicted molar refractivity (Wildman–Crippen MR) is 84.8 cm³/mol. The number of rotatable bonds is 5. The lowest BCUT2D eigenvalue weighted by molar-refractivity contribution is 0.180. The Balaban J connectivity index is 1.51. The maximum Gasteiger partial charge on any atom is 0.233 e. The van der Waals surface area contributed by atoms with Crippen molar-refractivity contribution in [1.82, 2.24) is 15.1 Å². The maximum atomic E-state index is 5.89. The van der Waals surface area contributed by atoms with Crippen LogP contribution in [0.3, 0.4) is 0 Å². The van der Waals surface area contributed by atoms with Crippen LogP contribution >= 0.6 is 11.6 Å². The summed E-state index contributed by atoms with van der Waals surface area (Å²) in [5, 5.41) is 7.93. The normalized spacial score (nSPS) is 16.0. The van der Waals surface area contributed by atoms with E-state index in [4.69, 9.17) is 16.3 Å². The van der Waals surface area contributed by atoms with Gasteiger partial charge in [-0.05, 0) is 43.6 Å². The van der Waals surface area contributed by atoms with E-state index in [1.807, 2.05) is 30.3 Å². The Bertz CT molecular complexity index is 561. The quantitative estimate of drug-likeness (QED) is 0.917. The van der Waals surface area contributed by atoms with E-state index in [1.165, 1.54) is 32.4 Å². The topological polar surface area (TPSA) is 41.1 Å². The summed E-state index contributed by atoms with van der Waals surface area (Å²) in [6, 6.07) is 9.60. The van der Waals surface area contributed by atoms with E-state index in [2.05, 4.69) is 15.1 Å². The van der Waals surface area contributed by atoms with E-state index in [0.29, 0.717) is 12.5 Å². The molecule has 0 aliphatic carbocycles. The lowest BCUT2D eigenvalue weighted by Crippen LogP contribution is -2.33. The first-order chi connectivity index (χ1) is 10.3. The van der Waals surface area contributed by atoms with Crippen molar-refractivity contribution in [3.63, 3.8) is 0 Å². The van der Waals surface area contributed by atoms with Crippen molar-refractivity contribution in [2.45, 2.75) is 19.3 Å². The average Bonchev–Trinajstić information content (AvgIpc) is 2.98. The number of likely N-dealkylation sites (tertiary alicyclic amines) is 1. The fourth-order valence-electron chi connectivity index (χ4n) is 2.62. The molecule has 1 N–H and O–H groups in total. The van der Waals surface area contributed by atoms with Gasteiger partial charge in [0, 0.05) is 17.6 Å². The second kappa shape index (κ2) is 6.96. The Labute approximate surface area is 130 Å². The van der Waals surface area contributed by atoms with Crippen LogP contribution in [0.5, 0.6) is 5.88 Å². The minimum absolute atomic E-state index is 0.650. The number of H-pyrrole nitrogens is 1. The van der Waals surface area contributed by atoms with Gasteiger partial charge in [0.2, 0.25) is 5.88 Å². The highest BCUT2D eigenvalue weighted by molar-refractivity contribution is 6.30. The monoisotopic (exact) mass is 305 g/mol. The Morgan fingerprint density at radius 3 is 2.67 bits per heavy atom. The van der Waals surface area contributed by atoms with Gasteiger partial charge in [0.15, 0.2) is 0 Å². The fourth-order valence-corrected chi connectivity index (χ4v) is 2.74. The number of hydrogen-bond acceptors (Lipinski definition) is 3. The van der Waals surface area contributed by atoms with Crippen molar-refractivity contribution in [3.8, 4) is 17.1 Å². The lowest BCUT2D eigenvalue weighted by Gasteiger charge is -2.25. The molecule has 5 heteroatoms. The van der Waals surface area contributed by atoms with Gasteiger partial charge >= 0.3 is 0 Å². The molecule has 2 aromatic rings. The first-order valence-corrected chi connectivity index (χ1v) is 7.85. The molecule has 1 aliphatic heterocycles. The van der Waals surface area contributed by atoms with Gasteiger partial charge in [-0.2, -0.15) is 0 Å². The van der Waals surface area contributed by atoms with Crippen molar-refractivity contribution in [1.29, 1.82) is 0 Å². The average molecular weight is 306 g/mol. The molecule has 1 aromatic carbocycles. The molecular weight excluding hydrogens is 286 g/mol. The molecule has 4 nitrogen and oxygen atoms in total. The summed E-state index contributed by atoms with van der Waals surface area (Å²) in [5.74, 6) is 0.650. The second-order valence-corrected chi connectivity index (χ2v) is 5.81. The van der Waals surface area contributed by atoms with Crippen molar-refractivity contribution >= 4 is 11.6 Å². The summed E-state index contributed by atoms with van der Waals surface area (Å²) in [7, 11) is 0. The molecule has 0 spiro atoms. The number of hydrogen-bond donors (Lipinski definition) is 1. The third-order valence-corrected chi connectivity index (χ3v) is 4.07. The fraction of sp³-hybridized carbons (Fsp3) is 0.438. The van der Waals surface area contributed by atoms with Crippen LogP contribution in [0, 0.1) is 0 Å². The van der Waals surface area contributed by atoms with Crippen LogP contribution in [0.1, 0.15) is 19.3 Å². The third kappa shape index (κ3) is 3.99. The molecule has 2 heterocycles. The van der Waals surface area contributed by atoms with Gasteiger partial charge in [0.05, 0.1) is 5.69 Å². The predicted octanol–water partition coefficient (Wildman–Crippen LogP) is 3.59. The largest absolute Gasteiger partial charge is 0.475 e. The third-order valence-electron chi connectivity index (χ3n) is 3.82. The van der Waals surface area contributed by atoms with Crippen LogP contribution in [0.2, 0.25) is 5.02 Å². The molecular formula is C16H20ClN3O. The number of benzene rings is 1. The van der Waals surface area contributed by atoms with E-state index in [9.17, 15) is 0 Å². The zero-order chi connectivity index (χ0) is 14.5. The van der Waals surface area contributed by atoms with Gasteiger partial charge in [-0.1, -0.05) is 30.2 Å². The summed E-state index contributed by atoms with van der Waals surface area (Å²) in [6.45, 7) is 4.05. The first-order valence-electron chi connectivity index (χ1n) is 7.48. The second-order valence-electron chi connectivity index (χ2n) is 5.38. The van der Waals surface area contributed by atoms with Crippen molar-refractivity contribution < 1.29 is 4.74 Å². The van der Waals surface area contributed by atoms with Gasteiger partial charge in [-0.25, -0.2) is 0 Å². The molecule has 1 aliphatic rings. The highest BCUT2D eigenvalue weighted by Crippen LogP contribution is 2.22. The first kappa shape index (κ1) is 14.4. The van der Waals surface area contributed by atoms with Gasteiger partial charge in [0.1, 0.15) is 6.61 Å². The van der Waals surface area contributed by atoms with Crippen molar-refractivity contribution in [3.05, 3.63) is 35.4 Å². The van der Waals surface area contributed by atoms with Gasteiger partial charge in [0.25, 0.3) is 0 Å². The molecule has 1 saturated heterocycles. The number of ether oxygens (including phenoxy) is 1. The maximum absolute atomic E-state index is 5.89. The van der Waals surface area contributed by atoms with E-state index >= 15 is 0 Å².